The van der Waals surface area contributed by atoms with Crippen molar-refractivity contribution in [1.29, 1.82) is 0 Å². The van der Waals surface area contributed by atoms with Crippen LogP contribution in [0, 0.1) is 0 Å². The Balaban J connectivity index is 1.82. The van der Waals surface area contributed by atoms with Gasteiger partial charge < -0.3 is 15.4 Å². The summed E-state index contributed by atoms with van der Waals surface area (Å²) in [6.07, 6.45) is 2.18. The molecule has 2 saturated heterocycles. The van der Waals surface area contributed by atoms with Crippen LogP contribution < -0.4 is 10.6 Å². The molecule has 5 nitrogen and oxygen atoms in total. The van der Waals surface area contributed by atoms with Crippen molar-refractivity contribution in [2.24, 2.45) is 0 Å². The van der Waals surface area contributed by atoms with E-state index < -0.39 is 18.1 Å². The highest BCUT2D eigenvalue weighted by Crippen LogP contribution is 2.47. The van der Waals surface area contributed by atoms with E-state index in [1.54, 1.807) is 0 Å². The zero-order valence-electron chi connectivity index (χ0n) is 9.77. The molecule has 1 atom stereocenters. The highest BCUT2D eigenvalue weighted by atomic mass is 19.3. The summed E-state index contributed by atoms with van der Waals surface area (Å²) < 4.78 is 33.3. The SMILES string of the molecule is Nc1ccnc(N2CC[C@@]3(CCO3)C(F)(F)C2)n1. The maximum atomic E-state index is 14.1. The molecule has 7 heteroatoms. The molecule has 3 rings (SSSR count). The largest absolute Gasteiger partial charge is 0.384 e. The summed E-state index contributed by atoms with van der Waals surface area (Å²) in [4.78, 5) is 9.42. The van der Waals surface area contributed by atoms with E-state index in [1.165, 1.54) is 17.2 Å². The van der Waals surface area contributed by atoms with Gasteiger partial charge >= 0.3 is 0 Å². The number of hydrogen-bond donors (Lipinski definition) is 1. The second-order valence-corrected chi connectivity index (χ2v) is 4.75. The number of anilines is 2. The lowest BCUT2D eigenvalue weighted by Gasteiger charge is -2.52. The molecule has 1 aromatic heterocycles. The van der Waals surface area contributed by atoms with Gasteiger partial charge in [-0.3, -0.25) is 0 Å². The number of nitrogens with zero attached hydrogens (tertiary/aromatic N) is 3. The lowest BCUT2D eigenvalue weighted by atomic mass is 9.81. The number of nitrogen functional groups attached to an aromatic ring is 1. The van der Waals surface area contributed by atoms with E-state index in [0.29, 0.717) is 19.6 Å². The minimum absolute atomic E-state index is 0.254. The van der Waals surface area contributed by atoms with Crippen LogP contribution in [0.1, 0.15) is 12.8 Å². The van der Waals surface area contributed by atoms with Crippen molar-refractivity contribution in [3.63, 3.8) is 0 Å². The maximum Gasteiger partial charge on any atom is 0.293 e. The van der Waals surface area contributed by atoms with Crippen LogP contribution in [0.2, 0.25) is 0 Å². The molecular formula is C11H14F2N4O. The van der Waals surface area contributed by atoms with Gasteiger partial charge in [-0.05, 0) is 6.07 Å². The van der Waals surface area contributed by atoms with E-state index in [2.05, 4.69) is 9.97 Å². The first kappa shape index (κ1) is 11.6. The molecule has 1 spiro atoms. The van der Waals surface area contributed by atoms with Gasteiger partial charge in [0.15, 0.2) is 0 Å². The van der Waals surface area contributed by atoms with Crippen molar-refractivity contribution in [3.05, 3.63) is 12.3 Å². The summed E-state index contributed by atoms with van der Waals surface area (Å²) in [5.74, 6) is -2.34. The van der Waals surface area contributed by atoms with Crippen LogP contribution in [-0.2, 0) is 4.74 Å². The van der Waals surface area contributed by atoms with E-state index in [-0.39, 0.29) is 18.2 Å². The molecule has 0 radical (unpaired) electrons. The molecule has 2 aliphatic rings. The molecule has 0 unspecified atom stereocenters. The fraction of sp³-hybridized carbons (Fsp3) is 0.636. The smallest absolute Gasteiger partial charge is 0.293 e. The van der Waals surface area contributed by atoms with Gasteiger partial charge in [-0.1, -0.05) is 0 Å². The molecule has 18 heavy (non-hydrogen) atoms. The van der Waals surface area contributed by atoms with Crippen LogP contribution >= 0.6 is 0 Å². The van der Waals surface area contributed by atoms with Crippen molar-refractivity contribution in [3.8, 4) is 0 Å². The minimum atomic E-state index is -2.88. The molecule has 2 fully saturated rings. The number of rotatable bonds is 1. The quantitative estimate of drug-likeness (QED) is 0.814. The van der Waals surface area contributed by atoms with Crippen LogP contribution in [0.3, 0.4) is 0 Å². The fourth-order valence-electron chi connectivity index (χ4n) is 2.48. The lowest BCUT2D eigenvalue weighted by molar-refractivity contribution is -0.276. The number of piperidine rings is 1. The van der Waals surface area contributed by atoms with Crippen LogP contribution in [0.5, 0.6) is 0 Å². The third-order valence-electron chi connectivity index (χ3n) is 3.67. The number of halogens is 2. The second-order valence-electron chi connectivity index (χ2n) is 4.75. The summed E-state index contributed by atoms with van der Waals surface area (Å²) in [6, 6.07) is 1.53. The summed E-state index contributed by atoms with van der Waals surface area (Å²) in [6.45, 7) is 0.458. The first-order valence-corrected chi connectivity index (χ1v) is 5.88. The van der Waals surface area contributed by atoms with Gasteiger partial charge in [0, 0.05) is 25.6 Å². The van der Waals surface area contributed by atoms with E-state index in [9.17, 15) is 8.78 Å². The Kier molecular flexibility index (Phi) is 2.41. The minimum Gasteiger partial charge on any atom is -0.384 e. The summed E-state index contributed by atoms with van der Waals surface area (Å²) in [7, 11) is 0. The Bertz CT molecular complexity index is 464. The van der Waals surface area contributed by atoms with Gasteiger partial charge in [-0.15, -0.1) is 0 Å². The van der Waals surface area contributed by atoms with Crippen molar-refractivity contribution in [2.45, 2.75) is 24.4 Å². The number of hydrogen-bond acceptors (Lipinski definition) is 5. The molecule has 2 aliphatic heterocycles. The van der Waals surface area contributed by atoms with Crippen molar-refractivity contribution in [2.75, 3.05) is 30.3 Å². The zero-order valence-corrected chi connectivity index (χ0v) is 9.77. The number of ether oxygens (including phenoxy) is 1. The number of alkyl halides is 2. The second kappa shape index (κ2) is 3.74. The standard InChI is InChI=1S/C11H14F2N4O/c12-11(13)7-17(5-2-10(11)3-6-18-10)9-15-4-1-8(14)16-9/h1,4H,2-3,5-7H2,(H2,14,15,16)/t10-/m1/s1. The number of nitrogens with two attached hydrogens (primary N) is 1. The Hall–Kier alpha value is -1.50. The summed E-state index contributed by atoms with van der Waals surface area (Å²) in [5, 5.41) is 0. The van der Waals surface area contributed by atoms with E-state index in [4.69, 9.17) is 10.5 Å². The third-order valence-corrected chi connectivity index (χ3v) is 3.67. The van der Waals surface area contributed by atoms with Gasteiger partial charge in [0.1, 0.15) is 11.4 Å². The normalized spacial score (nSPS) is 30.2. The average molecular weight is 256 g/mol. The zero-order chi connectivity index (χ0) is 12.8. The predicted molar refractivity (Wildman–Crippen MR) is 61.5 cm³/mol. The van der Waals surface area contributed by atoms with E-state index >= 15 is 0 Å². The van der Waals surface area contributed by atoms with Gasteiger partial charge in [0.2, 0.25) is 5.95 Å². The Morgan fingerprint density at radius 1 is 1.39 bits per heavy atom. The fourth-order valence-corrected chi connectivity index (χ4v) is 2.48. The molecular weight excluding hydrogens is 242 g/mol. The van der Waals surface area contributed by atoms with Crippen LogP contribution in [0.15, 0.2) is 12.3 Å². The molecule has 0 saturated carbocycles. The molecule has 3 heterocycles. The molecule has 1 aromatic rings. The van der Waals surface area contributed by atoms with E-state index in [0.717, 1.165) is 0 Å². The highest BCUT2D eigenvalue weighted by Gasteiger charge is 2.61. The molecule has 0 aliphatic carbocycles. The first-order valence-electron chi connectivity index (χ1n) is 5.88. The lowest BCUT2D eigenvalue weighted by Crippen LogP contribution is -2.66. The van der Waals surface area contributed by atoms with Crippen LogP contribution in [0.4, 0.5) is 20.5 Å². The Morgan fingerprint density at radius 2 is 2.17 bits per heavy atom. The molecule has 2 N–H and O–H groups in total. The Labute approximate surface area is 103 Å². The van der Waals surface area contributed by atoms with Gasteiger partial charge in [-0.2, -0.15) is 4.98 Å². The molecule has 0 amide bonds. The molecule has 0 aromatic carbocycles. The molecule has 0 bridgehead atoms. The van der Waals surface area contributed by atoms with Crippen molar-refractivity contribution in [1.82, 2.24) is 9.97 Å². The Morgan fingerprint density at radius 3 is 2.72 bits per heavy atom. The van der Waals surface area contributed by atoms with Gasteiger partial charge in [-0.25, -0.2) is 13.8 Å². The summed E-state index contributed by atoms with van der Waals surface area (Å²) in [5.41, 5.74) is 4.27. The van der Waals surface area contributed by atoms with Crippen molar-refractivity contribution >= 4 is 11.8 Å². The molecule has 98 valence electrons. The van der Waals surface area contributed by atoms with Gasteiger partial charge in [0.05, 0.1) is 13.2 Å². The predicted octanol–water partition coefficient (Wildman–Crippen LogP) is 1.06. The monoisotopic (exact) mass is 256 g/mol. The van der Waals surface area contributed by atoms with Crippen molar-refractivity contribution < 1.29 is 13.5 Å². The van der Waals surface area contributed by atoms with Gasteiger partial charge in [0.25, 0.3) is 5.92 Å². The average Bonchev–Trinajstić information content (AvgIpc) is 2.25. The maximum absolute atomic E-state index is 14.1. The highest BCUT2D eigenvalue weighted by molar-refractivity contribution is 5.39. The third kappa shape index (κ3) is 1.61. The number of aromatic nitrogens is 2. The van der Waals surface area contributed by atoms with Crippen LogP contribution in [-0.4, -0.2) is 41.2 Å². The van der Waals surface area contributed by atoms with E-state index in [1.807, 2.05) is 0 Å². The first-order chi connectivity index (χ1) is 8.52. The topological polar surface area (TPSA) is 64.3 Å². The summed E-state index contributed by atoms with van der Waals surface area (Å²) >= 11 is 0. The van der Waals surface area contributed by atoms with Crippen LogP contribution in [0.25, 0.3) is 0 Å².